The van der Waals surface area contributed by atoms with Gasteiger partial charge < -0.3 is 24.1 Å². The van der Waals surface area contributed by atoms with Gasteiger partial charge in [0.2, 0.25) is 5.75 Å². The second-order valence-electron chi connectivity index (χ2n) is 5.57. The molecule has 0 fully saturated rings. The minimum Gasteiger partial charge on any atom is -0.493 e. The summed E-state index contributed by atoms with van der Waals surface area (Å²) in [6.07, 6.45) is 2.03. The van der Waals surface area contributed by atoms with Crippen LogP contribution in [0.4, 0.5) is 5.69 Å². The quantitative estimate of drug-likeness (QED) is 0.700. The van der Waals surface area contributed by atoms with E-state index in [9.17, 15) is 0 Å². The number of rotatable bonds is 5. The number of aryl methyl sites for hydroxylation is 1. The molecule has 0 radical (unpaired) electrons. The molecule has 0 saturated carbocycles. The highest BCUT2D eigenvalue weighted by atomic mass is 32.1. The van der Waals surface area contributed by atoms with Crippen LogP contribution in [-0.4, -0.2) is 30.9 Å². The summed E-state index contributed by atoms with van der Waals surface area (Å²) >= 11 is 5.56. The highest BCUT2D eigenvalue weighted by Gasteiger charge is 2.14. The fourth-order valence-corrected chi connectivity index (χ4v) is 3.02. The number of ether oxygens (including phenoxy) is 3. The van der Waals surface area contributed by atoms with Crippen molar-refractivity contribution in [2.75, 3.05) is 26.6 Å². The first-order valence-corrected chi connectivity index (χ1v) is 8.14. The molecule has 0 aliphatic heterocycles. The summed E-state index contributed by atoms with van der Waals surface area (Å²) < 4.78 is 18.2. The van der Waals surface area contributed by atoms with Gasteiger partial charge in [0, 0.05) is 47.5 Å². The number of anilines is 1. The van der Waals surface area contributed by atoms with E-state index in [4.69, 9.17) is 26.4 Å². The van der Waals surface area contributed by atoms with E-state index in [1.807, 2.05) is 31.4 Å². The minimum atomic E-state index is 0.548. The number of benzene rings is 2. The summed E-state index contributed by atoms with van der Waals surface area (Å²) in [6.45, 7) is 0. The maximum absolute atomic E-state index is 5.56. The third-order valence-corrected chi connectivity index (χ3v) is 4.41. The van der Waals surface area contributed by atoms with Crippen LogP contribution in [0.25, 0.3) is 10.9 Å². The predicted molar refractivity (Wildman–Crippen MR) is 104 cm³/mol. The van der Waals surface area contributed by atoms with Gasteiger partial charge in [0.15, 0.2) is 11.5 Å². The Labute approximate surface area is 152 Å². The Balaban J connectivity index is 1.91. The zero-order valence-electron chi connectivity index (χ0n) is 14.6. The van der Waals surface area contributed by atoms with Crippen molar-refractivity contribution >= 4 is 33.8 Å². The van der Waals surface area contributed by atoms with Gasteiger partial charge in [-0.2, -0.15) is 0 Å². The maximum atomic E-state index is 5.56. The number of hydrogen-bond acceptors (Lipinski definition) is 4. The van der Waals surface area contributed by atoms with Crippen LogP contribution in [0.1, 0.15) is 5.56 Å². The van der Waals surface area contributed by atoms with Gasteiger partial charge in [-0.1, -0.05) is 12.2 Å². The van der Waals surface area contributed by atoms with Gasteiger partial charge in [-0.15, -0.1) is 0 Å². The van der Waals surface area contributed by atoms with Crippen LogP contribution < -0.4 is 19.5 Å². The highest BCUT2D eigenvalue weighted by Crippen LogP contribution is 2.40. The van der Waals surface area contributed by atoms with Crippen LogP contribution in [-0.2, 0) is 7.05 Å². The molecule has 1 N–H and O–H groups in total. The molecular weight excluding hydrogens is 336 g/mol. The van der Waals surface area contributed by atoms with Crippen molar-refractivity contribution in [1.82, 2.24) is 4.57 Å². The third-order valence-electron chi connectivity index (χ3n) is 4.07. The highest BCUT2D eigenvalue weighted by molar-refractivity contribution is 7.81. The first-order valence-electron chi connectivity index (χ1n) is 7.74. The zero-order valence-corrected chi connectivity index (χ0v) is 15.4. The first-order chi connectivity index (χ1) is 12.1. The molecule has 5 nitrogen and oxygen atoms in total. The second-order valence-corrected chi connectivity index (χ2v) is 5.98. The van der Waals surface area contributed by atoms with Gasteiger partial charge in [-0.25, -0.2) is 0 Å². The maximum Gasteiger partial charge on any atom is 0.203 e. The van der Waals surface area contributed by atoms with Gasteiger partial charge in [0.1, 0.15) is 4.99 Å². The Morgan fingerprint density at radius 2 is 1.64 bits per heavy atom. The van der Waals surface area contributed by atoms with Crippen LogP contribution in [0.5, 0.6) is 17.2 Å². The minimum absolute atomic E-state index is 0.548. The smallest absolute Gasteiger partial charge is 0.203 e. The lowest BCUT2D eigenvalue weighted by molar-refractivity contribution is 0.324. The zero-order chi connectivity index (χ0) is 18.0. The summed E-state index contributed by atoms with van der Waals surface area (Å²) in [4.78, 5) is 0.625. The van der Waals surface area contributed by atoms with Crippen LogP contribution in [0.3, 0.4) is 0 Å². The molecule has 0 unspecified atom stereocenters. The van der Waals surface area contributed by atoms with Crippen LogP contribution >= 0.6 is 12.2 Å². The lowest BCUT2D eigenvalue weighted by Crippen LogP contribution is -2.11. The molecule has 0 atom stereocenters. The molecule has 1 heterocycles. The van der Waals surface area contributed by atoms with Crippen molar-refractivity contribution in [2.24, 2.45) is 7.05 Å². The average Bonchev–Trinajstić information content (AvgIpc) is 3.01. The molecule has 0 aliphatic carbocycles. The average molecular weight is 356 g/mol. The van der Waals surface area contributed by atoms with E-state index in [2.05, 4.69) is 28.1 Å². The Hall–Kier alpha value is -2.73. The van der Waals surface area contributed by atoms with Crippen molar-refractivity contribution in [3.8, 4) is 17.2 Å². The van der Waals surface area contributed by atoms with E-state index in [1.165, 1.54) is 5.52 Å². The number of fused-ring (bicyclic) bond motifs is 1. The number of hydrogen-bond donors (Lipinski definition) is 1. The number of methoxy groups -OCH3 is 3. The molecule has 3 rings (SSSR count). The molecular formula is C19H20N2O3S. The van der Waals surface area contributed by atoms with E-state index < -0.39 is 0 Å². The van der Waals surface area contributed by atoms with Crippen molar-refractivity contribution in [2.45, 2.75) is 0 Å². The van der Waals surface area contributed by atoms with E-state index in [0.717, 1.165) is 16.6 Å². The SMILES string of the molecule is COc1cc(NC(=S)c2ccc3c(ccn3C)c2)cc(OC)c1OC. The summed E-state index contributed by atoms with van der Waals surface area (Å²) in [5.41, 5.74) is 2.88. The van der Waals surface area contributed by atoms with Crippen molar-refractivity contribution < 1.29 is 14.2 Å². The van der Waals surface area contributed by atoms with E-state index >= 15 is 0 Å². The first kappa shape index (κ1) is 17.1. The van der Waals surface area contributed by atoms with Crippen molar-refractivity contribution in [3.05, 3.63) is 48.2 Å². The molecule has 130 valence electrons. The number of nitrogens with zero attached hydrogens (tertiary/aromatic N) is 1. The van der Waals surface area contributed by atoms with E-state index in [0.29, 0.717) is 22.2 Å². The number of thiocarbonyl (C=S) groups is 1. The molecule has 0 spiro atoms. The normalized spacial score (nSPS) is 10.6. The molecule has 0 saturated heterocycles. The van der Waals surface area contributed by atoms with Crippen LogP contribution in [0, 0.1) is 0 Å². The summed E-state index contributed by atoms with van der Waals surface area (Å²) in [6, 6.07) is 11.9. The molecule has 0 bridgehead atoms. The van der Waals surface area contributed by atoms with Crippen molar-refractivity contribution in [3.63, 3.8) is 0 Å². The fraction of sp³-hybridized carbons (Fsp3) is 0.211. The van der Waals surface area contributed by atoms with Gasteiger partial charge in [0.05, 0.1) is 21.3 Å². The van der Waals surface area contributed by atoms with Gasteiger partial charge >= 0.3 is 0 Å². The molecule has 6 heteroatoms. The number of aromatic nitrogens is 1. The lowest BCUT2D eigenvalue weighted by Gasteiger charge is -2.15. The van der Waals surface area contributed by atoms with Gasteiger partial charge in [0.25, 0.3) is 0 Å². The molecule has 2 aromatic carbocycles. The standard InChI is InChI=1S/C19H20N2O3S/c1-21-8-7-12-9-13(5-6-15(12)21)19(25)20-14-10-16(22-2)18(24-4)17(11-14)23-3/h5-11H,1-4H3,(H,20,25). The molecule has 3 aromatic rings. The molecule has 0 aliphatic rings. The van der Waals surface area contributed by atoms with E-state index in [-0.39, 0.29) is 0 Å². The second kappa shape index (κ2) is 7.03. The fourth-order valence-electron chi connectivity index (χ4n) is 2.78. The summed E-state index contributed by atoms with van der Waals surface area (Å²) in [5.74, 6) is 1.70. The van der Waals surface area contributed by atoms with Gasteiger partial charge in [-0.05, 0) is 24.3 Å². The third kappa shape index (κ3) is 3.25. The molecule has 0 amide bonds. The largest absolute Gasteiger partial charge is 0.493 e. The topological polar surface area (TPSA) is 44.7 Å². The summed E-state index contributed by atoms with van der Waals surface area (Å²) in [5, 5.41) is 4.39. The van der Waals surface area contributed by atoms with Crippen LogP contribution in [0.2, 0.25) is 0 Å². The lowest BCUT2D eigenvalue weighted by atomic mass is 10.1. The predicted octanol–water partition coefficient (Wildman–Crippen LogP) is 3.99. The van der Waals surface area contributed by atoms with Gasteiger partial charge in [-0.3, -0.25) is 0 Å². The molecule has 25 heavy (non-hydrogen) atoms. The summed E-state index contributed by atoms with van der Waals surface area (Å²) in [7, 11) is 6.77. The Morgan fingerprint density at radius 1 is 0.960 bits per heavy atom. The monoisotopic (exact) mass is 356 g/mol. The number of nitrogens with one attached hydrogen (secondary N) is 1. The van der Waals surface area contributed by atoms with Crippen LogP contribution in [0.15, 0.2) is 42.6 Å². The Kier molecular flexibility index (Phi) is 4.81. The Bertz CT molecular complexity index is 909. The molecule has 1 aromatic heterocycles. The van der Waals surface area contributed by atoms with E-state index in [1.54, 1.807) is 21.3 Å². The van der Waals surface area contributed by atoms with Crippen molar-refractivity contribution in [1.29, 1.82) is 0 Å². The Morgan fingerprint density at radius 3 is 2.24 bits per heavy atom.